The minimum absolute atomic E-state index is 0.132. The van der Waals surface area contributed by atoms with Gasteiger partial charge in [0.25, 0.3) is 5.89 Å². The molecular formula is C19H25N3O3. The first-order valence-corrected chi connectivity index (χ1v) is 8.73. The number of carbonyl (C=O) groups is 1. The normalized spacial score (nSPS) is 20.8. The van der Waals surface area contributed by atoms with E-state index in [0.29, 0.717) is 30.4 Å². The third kappa shape index (κ3) is 4.38. The molecule has 0 saturated carbocycles. The molecule has 1 fully saturated rings. The summed E-state index contributed by atoms with van der Waals surface area (Å²) in [5.74, 6) is 1.54. The van der Waals surface area contributed by atoms with Crippen molar-refractivity contribution in [3.8, 4) is 11.7 Å². The highest BCUT2D eigenvalue weighted by molar-refractivity contribution is 5.77. The number of aromatic nitrogens is 2. The molecule has 0 radical (unpaired) electrons. The van der Waals surface area contributed by atoms with Gasteiger partial charge < -0.3 is 13.8 Å². The molecule has 1 aliphatic rings. The van der Waals surface area contributed by atoms with Crippen LogP contribution < -0.4 is 0 Å². The van der Waals surface area contributed by atoms with Crippen molar-refractivity contribution in [3.05, 3.63) is 35.9 Å². The molecule has 0 bridgehead atoms. The minimum Gasteiger partial charge on any atom is -0.459 e. The summed E-state index contributed by atoms with van der Waals surface area (Å²) in [6.07, 6.45) is 7.46. The van der Waals surface area contributed by atoms with E-state index < -0.39 is 0 Å². The Hall–Kier alpha value is -2.37. The minimum atomic E-state index is 0.132. The molecule has 2 aromatic heterocycles. The second kappa shape index (κ2) is 7.25. The van der Waals surface area contributed by atoms with Crippen LogP contribution in [0.3, 0.4) is 0 Å². The Morgan fingerprint density at radius 1 is 1.44 bits per heavy atom. The van der Waals surface area contributed by atoms with Gasteiger partial charge in [-0.2, -0.15) is 4.98 Å². The molecule has 3 rings (SSSR count). The number of furan rings is 1. The predicted octanol–water partition coefficient (Wildman–Crippen LogP) is 4.20. The molecule has 1 aliphatic heterocycles. The van der Waals surface area contributed by atoms with Crippen LogP contribution in [0.5, 0.6) is 0 Å². The molecule has 0 N–H and O–H groups in total. The van der Waals surface area contributed by atoms with E-state index in [1.807, 2.05) is 4.90 Å². The fourth-order valence-corrected chi connectivity index (χ4v) is 3.24. The molecule has 0 unspecified atom stereocenters. The van der Waals surface area contributed by atoms with Crippen molar-refractivity contribution in [2.45, 2.75) is 53.0 Å². The molecule has 0 aromatic carbocycles. The number of allylic oxidation sites excluding steroid dienone is 2. The SMILES string of the molecule is CC(C)=CCC[C@@]1(C)CCC(=O)N(Cc2noc(-c3ccco3)n2)C1. The quantitative estimate of drug-likeness (QED) is 0.735. The Bertz CT molecular complexity index is 744. The van der Waals surface area contributed by atoms with Crippen molar-refractivity contribution < 1.29 is 13.7 Å². The molecule has 1 amide bonds. The van der Waals surface area contributed by atoms with E-state index in [0.717, 1.165) is 25.8 Å². The zero-order valence-corrected chi connectivity index (χ0v) is 15.1. The van der Waals surface area contributed by atoms with Gasteiger partial charge in [0.2, 0.25) is 5.91 Å². The predicted molar refractivity (Wildman–Crippen MR) is 93.4 cm³/mol. The van der Waals surface area contributed by atoms with E-state index in [1.54, 1.807) is 18.4 Å². The average Bonchev–Trinajstić information content (AvgIpc) is 3.22. The number of likely N-dealkylation sites (tertiary alicyclic amines) is 1. The highest BCUT2D eigenvalue weighted by atomic mass is 16.5. The lowest BCUT2D eigenvalue weighted by Gasteiger charge is -2.39. The molecule has 0 spiro atoms. The Morgan fingerprint density at radius 3 is 3.00 bits per heavy atom. The maximum Gasteiger partial charge on any atom is 0.293 e. The number of hydrogen-bond acceptors (Lipinski definition) is 5. The summed E-state index contributed by atoms with van der Waals surface area (Å²) in [5, 5.41) is 3.98. The second-order valence-electron chi connectivity index (χ2n) is 7.37. The van der Waals surface area contributed by atoms with Gasteiger partial charge in [-0.15, -0.1) is 0 Å². The fraction of sp³-hybridized carbons (Fsp3) is 0.526. The first kappa shape index (κ1) is 17.5. The van der Waals surface area contributed by atoms with Crippen molar-refractivity contribution in [1.82, 2.24) is 15.0 Å². The standard InChI is InChI=1S/C19H25N3O3/c1-14(2)6-4-9-19(3)10-8-17(23)22(13-19)12-16-20-18(25-21-16)15-7-5-11-24-15/h5-7,11H,4,8-10,12-13H2,1-3H3/t19-/m0/s1. The van der Waals surface area contributed by atoms with Crippen LogP contribution in [0.15, 0.2) is 39.0 Å². The van der Waals surface area contributed by atoms with E-state index >= 15 is 0 Å². The van der Waals surface area contributed by atoms with E-state index in [-0.39, 0.29) is 11.3 Å². The van der Waals surface area contributed by atoms with Crippen LogP contribution in [0.2, 0.25) is 0 Å². The summed E-state index contributed by atoms with van der Waals surface area (Å²) in [6, 6.07) is 3.54. The first-order chi connectivity index (χ1) is 12.0. The molecule has 6 nitrogen and oxygen atoms in total. The topological polar surface area (TPSA) is 72.4 Å². The third-order valence-electron chi connectivity index (χ3n) is 4.70. The van der Waals surface area contributed by atoms with Crippen molar-refractivity contribution in [1.29, 1.82) is 0 Å². The van der Waals surface area contributed by atoms with Crippen LogP contribution in [0, 0.1) is 5.41 Å². The maximum atomic E-state index is 12.3. The van der Waals surface area contributed by atoms with Gasteiger partial charge in [0, 0.05) is 13.0 Å². The van der Waals surface area contributed by atoms with Crippen LogP contribution in [0.4, 0.5) is 0 Å². The summed E-state index contributed by atoms with van der Waals surface area (Å²) < 4.78 is 10.5. The molecular weight excluding hydrogens is 318 g/mol. The Kier molecular flexibility index (Phi) is 5.06. The van der Waals surface area contributed by atoms with E-state index in [2.05, 4.69) is 37.0 Å². The number of amides is 1. The molecule has 25 heavy (non-hydrogen) atoms. The van der Waals surface area contributed by atoms with Gasteiger partial charge in [-0.25, -0.2) is 0 Å². The van der Waals surface area contributed by atoms with Crippen LogP contribution in [-0.4, -0.2) is 27.5 Å². The first-order valence-electron chi connectivity index (χ1n) is 8.73. The third-order valence-corrected chi connectivity index (χ3v) is 4.70. The second-order valence-corrected chi connectivity index (χ2v) is 7.37. The lowest BCUT2D eigenvalue weighted by molar-refractivity contribution is -0.138. The summed E-state index contributed by atoms with van der Waals surface area (Å²) in [7, 11) is 0. The fourth-order valence-electron chi connectivity index (χ4n) is 3.24. The molecule has 1 saturated heterocycles. The van der Waals surface area contributed by atoms with Gasteiger partial charge in [-0.3, -0.25) is 4.79 Å². The largest absolute Gasteiger partial charge is 0.459 e. The molecule has 3 heterocycles. The average molecular weight is 343 g/mol. The van der Waals surface area contributed by atoms with Crippen molar-refractivity contribution in [2.75, 3.05) is 6.54 Å². The number of piperidine rings is 1. The van der Waals surface area contributed by atoms with Crippen molar-refractivity contribution in [3.63, 3.8) is 0 Å². The van der Waals surface area contributed by atoms with E-state index in [9.17, 15) is 4.79 Å². The van der Waals surface area contributed by atoms with Crippen LogP contribution >= 0.6 is 0 Å². The van der Waals surface area contributed by atoms with Gasteiger partial charge >= 0.3 is 0 Å². The molecule has 2 aromatic rings. The van der Waals surface area contributed by atoms with Crippen LogP contribution in [0.25, 0.3) is 11.7 Å². The zero-order valence-electron chi connectivity index (χ0n) is 15.1. The van der Waals surface area contributed by atoms with Crippen LogP contribution in [0.1, 0.15) is 52.3 Å². The van der Waals surface area contributed by atoms with E-state index in [1.165, 1.54) is 5.57 Å². The van der Waals surface area contributed by atoms with Crippen molar-refractivity contribution >= 4 is 5.91 Å². The lowest BCUT2D eigenvalue weighted by atomic mass is 9.77. The summed E-state index contributed by atoms with van der Waals surface area (Å²) in [4.78, 5) is 18.5. The Morgan fingerprint density at radius 2 is 2.28 bits per heavy atom. The number of carbonyl (C=O) groups excluding carboxylic acids is 1. The van der Waals surface area contributed by atoms with E-state index in [4.69, 9.17) is 8.94 Å². The highest BCUT2D eigenvalue weighted by Crippen LogP contribution is 2.35. The summed E-state index contributed by atoms with van der Waals surface area (Å²) >= 11 is 0. The summed E-state index contributed by atoms with van der Waals surface area (Å²) in [6.45, 7) is 7.60. The van der Waals surface area contributed by atoms with Gasteiger partial charge in [-0.05, 0) is 50.7 Å². The molecule has 134 valence electrons. The van der Waals surface area contributed by atoms with Gasteiger partial charge in [0.15, 0.2) is 11.6 Å². The Balaban J connectivity index is 1.64. The number of nitrogens with zero attached hydrogens (tertiary/aromatic N) is 3. The van der Waals surface area contributed by atoms with Gasteiger partial charge in [-0.1, -0.05) is 23.7 Å². The highest BCUT2D eigenvalue weighted by Gasteiger charge is 2.35. The molecule has 1 atom stereocenters. The van der Waals surface area contributed by atoms with Gasteiger partial charge in [0.05, 0.1) is 12.8 Å². The van der Waals surface area contributed by atoms with Gasteiger partial charge in [0.1, 0.15) is 0 Å². The summed E-state index contributed by atoms with van der Waals surface area (Å²) in [5.41, 5.74) is 1.47. The molecule has 0 aliphatic carbocycles. The lowest BCUT2D eigenvalue weighted by Crippen LogP contribution is -2.44. The van der Waals surface area contributed by atoms with Crippen LogP contribution in [-0.2, 0) is 11.3 Å². The number of rotatable bonds is 6. The maximum absolute atomic E-state index is 12.3. The van der Waals surface area contributed by atoms with Crippen molar-refractivity contribution in [2.24, 2.45) is 5.41 Å². The number of hydrogen-bond donors (Lipinski definition) is 0. The molecule has 6 heteroatoms. The zero-order chi connectivity index (χ0) is 17.9. The Labute approximate surface area is 147 Å². The monoisotopic (exact) mass is 343 g/mol. The smallest absolute Gasteiger partial charge is 0.293 e.